The number of aromatic nitrogens is 2. The third kappa shape index (κ3) is 5.20. The van der Waals surface area contributed by atoms with Crippen LogP contribution < -0.4 is 10.6 Å². The van der Waals surface area contributed by atoms with Crippen molar-refractivity contribution in [2.24, 2.45) is 5.73 Å². The lowest BCUT2D eigenvalue weighted by molar-refractivity contribution is -0.0779. The van der Waals surface area contributed by atoms with Crippen molar-refractivity contribution in [3.8, 4) is 11.5 Å². The van der Waals surface area contributed by atoms with Gasteiger partial charge in [-0.15, -0.1) is 10.2 Å². The second-order valence-corrected chi connectivity index (χ2v) is 12.1. The lowest BCUT2D eigenvalue weighted by Gasteiger charge is -2.34. The fourth-order valence-corrected chi connectivity index (χ4v) is 6.53. The lowest BCUT2D eigenvalue weighted by atomic mass is 9.94. The van der Waals surface area contributed by atoms with Gasteiger partial charge in [-0.3, -0.25) is 0 Å². The molecule has 2 aliphatic heterocycles. The summed E-state index contributed by atoms with van der Waals surface area (Å²) in [6.07, 6.45) is -0.364. The van der Waals surface area contributed by atoms with Crippen molar-refractivity contribution in [1.29, 1.82) is 0 Å². The van der Waals surface area contributed by atoms with Gasteiger partial charge in [-0.05, 0) is 36.9 Å². The van der Waals surface area contributed by atoms with Crippen molar-refractivity contribution in [3.63, 3.8) is 0 Å². The molecule has 5 rings (SSSR count). The highest BCUT2D eigenvalue weighted by molar-refractivity contribution is 7.91. The van der Waals surface area contributed by atoms with Gasteiger partial charge in [0.1, 0.15) is 11.7 Å². The van der Waals surface area contributed by atoms with E-state index in [4.69, 9.17) is 21.8 Å². The summed E-state index contributed by atoms with van der Waals surface area (Å²) >= 11 is 5.98. The number of alkyl halides is 2. The summed E-state index contributed by atoms with van der Waals surface area (Å²) in [5.74, 6) is -6.28. The number of hydrogen-bond donors (Lipinski definition) is 1. The first-order valence-electron chi connectivity index (χ1n) is 11.6. The molecule has 0 saturated carbocycles. The molecule has 3 heterocycles. The summed E-state index contributed by atoms with van der Waals surface area (Å²) < 4.78 is 76.0. The minimum absolute atomic E-state index is 0.00626. The maximum Gasteiger partial charge on any atom is 0.262 e. The minimum atomic E-state index is -3.91. The highest BCUT2D eigenvalue weighted by Gasteiger charge is 2.47. The molecule has 198 valence electrons. The van der Waals surface area contributed by atoms with Crippen LogP contribution in [0.5, 0.6) is 0 Å². The Hall–Kier alpha value is -2.67. The van der Waals surface area contributed by atoms with Gasteiger partial charge in [0.2, 0.25) is 5.89 Å². The molecule has 0 spiro atoms. The minimum Gasteiger partial charge on any atom is -0.420 e. The van der Waals surface area contributed by atoms with Crippen LogP contribution in [0.3, 0.4) is 0 Å². The van der Waals surface area contributed by atoms with E-state index in [0.29, 0.717) is 5.02 Å². The third-order valence-electron chi connectivity index (χ3n) is 6.70. The first-order valence-corrected chi connectivity index (χ1v) is 13.7. The Morgan fingerprint density at radius 2 is 1.92 bits per heavy atom. The molecule has 8 nitrogen and oxygen atoms in total. The first kappa shape index (κ1) is 26.0. The summed E-state index contributed by atoms with van der Waals surface area (Å²) in [6, 6.07) is 8.49. The molecule has 1 saturated heterocycles. The summed E-state index contributed by atoms with van der Waals surface area (Å²) in [7, 11) is -2.20. The SMILES string of the molecule is CN1CCC(F)(F)C(c2nnc(-c3cc4c(cc3F)S(=O)(=O)C[C@H](N)CN4Cc3ccc(Cl)cc3)o2)C1. The monoisotopic (exact) mass is 555 g/mol. The molecule has 2 atom stereocenters. The second-order valence-electron chi connectivity index (χ2n) is 9.62. The van der Waals surface area contributed by atoms with E-state index in [1.165, 1.54) is 6.07 Å². The van der Waals surface area contributed by atoms with Crippen molar-refractivity contribution in [2.75, 3.05) is 37.3 Å². The Labute approximate surface area is 217 Å². The van der Waals surface area contributed by atoms with Gasteiger partial charge in [-0.1, -0.05) is 23.7 Å². The fraction of sp³-hybridized carbons (Fsp3) is 0.417. The number of nitrogens with zero attached hydrogens (tertiary/aromatic N) is 4. The molecule has 0 aliphatic carbocycles. The number of piperidine rings is 1. The molecule has 2 aromatic carbocycles. The number of halogens is 4. The van der Waals surface area contributed by atoms with Gasteiger partial charge in [0.15, 0.2) is 9.84 Å². The Morgan fingerprint density at radius 1 is 1.19 bits per heavy atom. The second kappa shape index (κ2) is 9.57. The quantitative estimate of drug-likeness (QED) is 0.519. The largest absolute Gasteiger partial charge is 0.420 e. The summed E-state index contributed by atoms with van der Waals surface area (Å²) in [6.45, 7) is 0.681. The molecule has 13 heteroatoms. The van der Waals surface area contributed by atoms with Crippen LogP contribution in [0, 0.1) is 5.82 Å². The average Bonchev–Trinajstić information content (AvgIpc) is 3.27. The standard InChI is InChI=1S/C24H25ClF3N5O3S/c1-32-7-6-24(27,28)18(12-32)23-31-30-22(36-23)17-8-20-21(9-19(17)26)37(34,35)13-16(29)11-33(20)10-14-2-4-15(25)5-3-14/h2-5,8-9,16,18H,6-7,10-13,29H2,1H3/t16-,18?/m1/s1. The highest BCUT2D eigenvalue weighted by Crippen LogP contribution is 2.41. The van der Waals surface area contributed by atoms with Crippen molar-refractivity contribution in [2.45, 2.75) is 35.7 Å². The predicted molar refractivity (Wildman–Crippen MR) is 132 cm³/mol. The summed E-state index contributed by atoms with van der Waals surface area (Å²) in [5.41, 5.74) is 6.97. The Bertz CT molecular complexity index is 1420. The smallest absolute Gasteiger partial charge is 0.262 e. The molecule has 0 amide bonds. The van der Waals surface area contributed by atoms with Gasteiger partial charge in [0.25, 0.3) is 11.8 Å². The molecule has 3 aromatic rings. The van der Waals surface area contributed by atoms with Crippen LogP contribution in [0.4, 0.5) is 18.9 Å². The van der Waals surface area contributed by atoms with E-state index in [1.54, 1.807) is 41.1 Å². The number of nitrogens with two attached hydrogens (primary N) is 1. The van der Waals surface area contributed by atoms with E-state index in [0.717, 1.165) is 11.6 Å². The van der Waals surface area contributed by atoms with Crippen LogP contribution in [0.1, 0.15) is 23.8 Å². The van der Waals surface area contributed by atoms with E-state index in [1.807, 2.05) is 0 Å². The molecule has 37 heavy (non-hydrogen) atoms. The van der Waals surface area contributed by atoms with Gasteiger partial charge in [0, 0.05) is 43.7 Å². The van der Waals surface area contributed by atoms with Crippen molar-refractivity contribution >= 4 is 27.1 Å². The van der Waals surface area contributed by atoms with Crippen LogP contribution in [0.25, 0.3) is 11.5 Å². The number of anilines is 1. The van der Waals surface area contributed by atoms with E-state index < -0.39 is 33.5 Å². The predicted octanol–water partition coefficient (Wildman–Crippen LogP) is 3.70. The molecular formula is C24H25ClF3N5O3S. The molecular weight excluding hydrogens is 531 g/mol. The zero-order valence-corrected chi connectivity index (χ0v) is 21.4. The Balaban J connectivity index is 1.57. The molecule has 1 unspecified atom stereocenters. The number of hydrogen-bond acceptors (Lipinski definition) is 8. The number of likely N-dealkylation sites (N-methyl/N-ethyl adjacent to an activating group) is 1. The van der Waals surface area contributed by atoms with Crippen LogP contribution in [0.15, 0.2) is 45.7 Å². The molecule has 1 fully saturated rings. The van der Waals surface area contributed by atoms with Crippen LogP contribution in [0.2, 0.25) is 5.02 Å². The zero-order chi connectivity index (χ0) is 26.5. The van der Waals surface area contributed by atoms with Crippen molar-refractivity contribution < 1.29 is 26.0 Å². The van der Waals surface area contributed by atoms with Crippen molar-refractivity contribution in [1.82, 2.24) is 15.1 Å². The summed E-state index contributed by atoms with van der Waals surface area (Å²) in [4.78, 5) is 3.26. The van der Waals surface area contributed by atoms with Gasteiger partial charge in [-0.2, -0.15) is 0 Å². The van der Waals surface area contributed by atoms with E-state index >= 15 is 4.39 Å². The van der Waals surface area contributed by atoms with E-state index in [9.17, 15) is 17.2 Å². The lowest BCUT2D eigenvalue weighted by Crippen LogP contribution is -2.44. The van der Waals surface area contributed by atoms with Gasteiger partial charge >= 0.3 is 0 Å². The highest BCUT2D eigenvalue weighted by atomic mass is 35.5. The number of fused-ring (bicyclic) bond motifs is 1. The van der Waals surface area contributed by atoms with Crippen molar-refractivity contribution in [3.05, 3.63) is 58.7 Å². The molecule has 2 N–H and O–H groups in total. The fourth-order valence-electron chi connectivity index (χ4n) is 4.76. The van der Waals surface area contributed by atoms with E-state index in [-0.39, 0.29) is 66.3 Å². The first-order chi connectivity index (χ1) is 17.4. The number of benzene rings is 2. The van der Waals surface area contributed by atoms with Crippen LogP contribution >= 0.6 is 11.6 Å². The van der Waals surface area contributed by atoms with Crippen LogP contribution in [-0.4, -0.2) is 67.9 Å². The summed E-state index contributed by atoms with van der Waals surface area (Å²) in [5, 5.41) is 8.19. The number of rotatable bonds is 4. The molecule has 1 aromatic heterocycles. The normalized spacial score (nSPS) is 23.5. The zero-order valence-electron chi connectivity index (χ0n) is 19.9. The molecule has 2 aliphatic rings. The topological polar surface area (TPSA) is 106 Å². The number of likely N-dealkylation sites (tertiary alicyclic amines) is 1. The Kier molecular flexibility index (Phi) is 6.71. The maximum atomic E-state index is 15.3. The average molecular weight is 556 g/mol. The van der Waals surface area contributed by atoms with Gasteiger partial charge < -0.3 is 20.0 Å². The van der Waals surface area contributed by atoms with Gasteiger partial charge in [0.05, 0.1) is 21.9 Å². The van der Waals surface area contributed by atoms with Crippen LogP contribution in [-0.2, 0) is 16.4 Å². The number of sulfone groups is 1. The van der Waals surface area contributed by atoms with Gasteiger partial charge in [-0.25, -0.2) is 21.6 Å². The van der Waals surface area contributed by atoms with E-state index in [2.05, 4.69) is 10.2 Å². The third-order valence-corrected chi connectivity index (χ3v) is 8.82. The Morgan fingerprint density at radius 3 is 2.65 bits per heavy atom. The molecule has 0 radical (unpaired) electrons. The molecule has 0 bridgehead atoms. The maximum absolute atomic E-state index is 15.3.